The van der Waals surface area contributed by atoms with Crippen LogP contribution < -0.4 is 11.5 Å². The number of nitrogen functional groups attached to an aromatic ring is 2. The molecule has 22 heavy (non-hydrogen) atoms. The lowest BCUT2D eigenvalue weighted by molar-refractivity contribution is 0.103. The minimum absolute atomic E-state index is 0.0305. The summed E-state index contributed by atoms with van der Waals surface area (Å²) < 4.78 is 13.4. The maximum atomic E-state index is 13.4. The summed E-state index contributed by atoms with van der Waals surface area (Å²) in [5, 5.41) is 16.6. The third-order valence-corrected chi connectivity index (χ3v) is 3.42. The van der Waals surface area contributed by atoms with Gasteiger partial charge in [0.25, 0.3) is 0 Å². The van der Waals surface area contributed by atoms with Gasteiger partial charge in [0.2, 0.25) is 0 Å². The summed E-state index contributed by atoms with van der Waals surface area (Å²) in [6.07, 6.45) is 0.858. The Morgan fingerprint density at radius 1 is 1.32 bits per heavy atom. The predicted octanol–water partition coefficient (Wildman–Crippen LogP) is 2.74. The number of nitriles is 1. The van der Waals surface area contributed by atoms with Crippen molar-refractivity contribution in [3.63, 3.8) is 0 Å². The van der Waals surface area contributed by atoms with Gasteiger partial charge in [0.05, 0.1) is 16.1 Å². The zero-order valence-corrected chi connectivity index (χ0v) is 11.9. The predicted molar refractivity (Wildman–Crippen MR) is 82.7 cm³/mol. The van der Waals surface area contributed by atoms with E-state index < -0.39 is 11.6 Å². The van der Waals surface area contributed by atoms with Crippen LogP contribution in [0.1, 0.15) is 27.0 Å². The molecule has 2 aromatic rings. The van der Waals surface area contributed by atoms with Crippen molar-refractivity contribution < 1.29 is 9.18 Å². The number of hydrogen-bond donors (Lipinski definition) is 3. The van der Waals surface area contributed by atoms with Crippen molar-refractivity contribution >= 4 is 35.0 Å². The number of nitrogens with two attached hydrogens (primary N) is 2. The van der Waals surface area contributed by atoms with Crippen molar-refractivity contribution in [2.24, 2.45) is 0 Å². The monoisotopic (exact) mass is 316 g/mol. The molecule has 0 saturated heterocycles. The third kappa shape index (κ3) is 2.50. The normalized spacial score (nSPS) is 10.0. The summed E-state index contributed by atoms with van der Waals surface area (Å²) in [7, 11) is 0. The second-order valence-corrected chi connectivity index (χ2v) is 4.84. The van der Waals surface area contributed by atoms with E-state index in [0.717, 1.165) is 18.3 Å². The zero-order valence-electron chi connectivity index (χ0n) is 11.2. The number of rotatable bonds is 3. The van der Waals surface area contributed by atoms with Gasteiger partial charge < -0.3 is 16.9 Å². The van der Waals surface area contributed by atoms with Crippen LogP contribution in [0.15, 0.2) is 24.3 Å². The van der Waals surface area contributed by atoms with E-state index in [1.54, 1.807) is 0 Å². The highest BCUT2D eigenvalue weighted by atomic mass is 35.5. The van der Waals surface area contributed by atoms with Crippen LogP contribution >= 0.6 is 11.6 Å². The molecule has 0 aliphatic carbocycles. The Bertz CT molecular complexity index is 842. The zero-order chi connectivity index (χ0) is 16.4. The SMILES string of the molecule is N#Cc1c(C=N)c(N)cc(N)c1C(=O)c1cc(F)ccc1Cl. The molecule has 0 amide bonds. The lowest BCUT2D eigenvalue weighted by atomic mass is 9.93. The van der Waals surface area contributed by atoms with Gasteiger partial charge in [-0.25, -0.2) is 4.39 Å². The van der Waals surface area contributed by atoms with Crippen molar-refractivity contribution in [1.82, 2.24) is 0 Å². The molecule has 0 atom stereocenters. The summed E-state index contributed by atoms with van der Waals surface area (Å²) in [5.74, 6) is -1.35. The van der Waals surface area contributed by atoms with E-state index in [0.29, 0.717) is 0 Å². The van der Waals surface area contributed by atoms with Gasteiger partial charge in [0.15, 0.2) is 5.78 Å². The largest absolute Gasteiger partial charge is 0.398 e. The van der Waals surface area contributed by atoms with E-state index in [1.807, 2.05) is 6.07 Å². The Labute approximate surface area is 130 Å². The van der Waals surface area contributed by atoms with Crippen LogP contribution in [0, 0.1) is 22.6 Å². The van der Waals surface area contributed by atoms with Crippen LogP contribution in [0.5, 0.6) is 0 Å². The molecule has 7 heteroatoms. The molecule has 0 fully saturated rings. The molecule has 0 radical (unpaired) electrons. The molecule has 0 unspecified atom stereocenters. The smallest absolute Gasteiger partial charge is 0.198 e. The molecule has 2 aromatic carbocycles. The first-order valence-corrected chi connectivity index (χ1v) is 6.40. The Balaban J connectivity index is 2.77. The van der Waals surface area contributed by atoms with Crippen molar-refractivity contribution in [3.8, 4) is 6.07 Å². The van der Waals surface area contributed by atoms with E-state index >= 15 is 0 Å². The standard InChI is InChI=1S/C15H10ClFN4O/c16-11-2-1-7(17)3-8(11)15(22)14-10(6-19)9(5-18)12(20)4-13(14)21/h1-5,18H,20-21H2. The van der Waals surface area contributed by atoms with Gasteiger partial charge in [0.1, 0.15) is 11.9 Å². The van der Waals surface area contributed by atoms with Crippen molar-refractivity contribution in [3.05, 3.63) is 57.4 Å². The number of anilines is 2. The second-order valence-electron chi connectivity index (χ2n) is 4.43. The molecule has 0 bridgehead atoms. The van der Waals surface area contributed by atoms with Crippen LogP contribution in [0.25, 0.3) is 0 Å². The number of nitrogens with zero attached hydrogens (tertiary/aromatic N) is 1. The quantitative estimate of drug-likeness (QED) is 0.458. The highest BCUT2D eigenvalue weighted by molar-refractivity contribution is 6.35. The van der Waals surface area contributed by atoms with Crippen molar-refractivity contribution in [1.29, 1.82) is 10.7 Å². The fourth-order valence-electron chi connectivity index (χ4n) is 2.06. The second kappa shape index (κ2) is 5.84. The molecule has 0 saturated carbocycles. The Morgan fingerprint density at radius 2 is 2.00 bits per heavy atom. The lowest BCUT2D eigenvalue weighted by Gasteiger charge is -2.12. The van der Waals surface area contributed by atoms with Gasteiger partial charge in [-0.1, -0.05) is 11.6 Å². The average Bonchev–Trinajstić information content (AvgIpc) is 2.48. The molecule has 0 aliphatic rings. The third-order valence-electron chi connectivity index (χ3n) is 3.09. The van der Waals surface area contributed by atoms with Crippen molar-refractivity contribution in [2.75, 3.05) is 11.5 Å². The Hall–Kier alpha value is -2.91. The Kier molecular flexibility index (Phi) is 4.11. The fourth-order valence-corrected chi connectivity index (χ4v) is 2.27. The molecular formula is C15H10ClFN4O. The number of halogens is 2. The summed E-state index contributed by atoms with van der Waals surface area (Å²) in [4.78, 5) is 12.6. The van der Waals surface area contributed by atoms with Gasteiger partial charge in [-0.05, 0) is 24.3 Å². The molecule has 5 N–H and O–H groups in total. The van der Waals surface area contributed by atoms with Gasteiger partial charge >= 0.3 is 0 Å². The van der Waals surface area contributed by atoms with Crippen LogP contribution in [-0.4, -0.2) is 12.0 Å². The lowest BCUT2D eigenvalue weighted by Crippen LogP contribution is -2.12. The fraction of sp³-hybridized carbons (Fsp3) is 0. The minimum atomic E-state index is -0.707. The highest BCUT2D eigenvalue weighted by Gasteiger charge is 2.23. The van der Waals surface area contributed by atoms with Crippen LogP contribution in [-0.2, 0) is 0 Å². The van der Waals surface area contributed by atoms with Gasteiger partial charge in [-0.2, -0.15) is 5.26 Å². The average molecular weight is 317 g/mol. The minimum Gasteiger partial charge on any atom is -0.398 e. The molecule has 2 rings (SSSR count). The molecule has 0 heterocycles. The number of ketones is 1. The number of nitrogens with one attached hydrogen (secondary N) is 1. The number of carbonyl (C=O) groups is 1. The van der Waals surface area contributed by atoms with E-state index in [4.69, 9.17) is 28.5 Å². The van der Waals surface area contributed by atoms with Gasteiger partial charge in [-0.3, -0.25) is 4.79 Å². The maximum Gasteiger partial charge on any atom is 0.198 e. The first-order valence-electron chi connectivity index (χ1n) is 6.03. The van der Waals surface area contributed by atoms with Crippen LogP contribution in [0.4, 0.5) is 15.8 Å². The number of carbonyl (C=O) groups excluding carboxylic acids is 1. The number of benzene rings is 2. The summed E-state index contributed by atoms with van der Waals surface area (Å²) >= 11 is 5.91. The van der Waals surface area contributed by atoms with E-state index in [1.165, 1.54) is 12.1 Å². The molecule has 0 aromatic heterocycles. The van der Waals surface area contributed by atoms with Gasteiger partial charge in [-0.15, -0.1) is 0 Å². The molecule has 0 aliphatic heterocycles. The Morgan fingerprint density at radius 3 is 2.59 bits per heavy atom. The molecule has 110 valence electrons. The van der Waals surface area contributed by atoms with Crippen molar-refractivity contribution in [2.45, 2.75) is 0 Å². The molecule has 0 spiro atoms. The van der Waals surface area contributed by atoms with E-state index in [2.05, 4.69) is 0 Å². The summed E-state index contributed by atoms with van der Waals surface area (Å²) in [6, 6.07) is 6.40. The maximum absolute atomic E-state index is 13.4. The highest BCUT2D eigenvalue weighted by Crippen LogP contribution is 2.30. The summed E-state index contributed by atoms with van der Waals surface area (Å²) in [6.45, 7) is 0. The van der Waals surface area contributed by atoms with Crippen LogP contribution in [0.2, 0.25) is 5.02 Å². The summed E-state index contributed by atoms with van der Waals surface area (Å²) in [5.41, 5.74) is 11.2. The first kappa shape index (κ1) is 15.5. The topological polar surface area (TPSA) is 117 Å². The van der Waals surface area contributed by atoms with E-state index in [-0.39, 0.29) is 38.7 Å². The first-order chi connectivity index (χ1) is 10.4. The number of hydrogen-bond acceptors (Lipinski definition) is 5. The van der Waals surface area contributed by atoms with Gasteiger partial charge in [0, 0.05) is 28.7 Å². The van der Waals surface area contributed by atoms with Crippen LogP contribution in [0.3, 0.4) is 0 Å². The molecular weight excluding hydrogens is 307 g/mol. The molecule has 5 nitrogen and oxygen atoms in total. The van der Waals surface area contributed by atoms with E-state index in [9.17, 15) is 14.4 Å².